The van der Waals surface area contributed by atoms with Crippen LogP contribution in [0.15, 0.2) is 24.3 Å². The van der Waals surface area contributed by atoms with Crippen molar-refractivity contribution in [3.63, 3.8) is 0 Å². The quantitative estimate of drug-likeness (QED) is 0.669. The number of sulfonamides is 1. The maximum atomic E-state index is 12.7. The third kappa shape index (κ3) is 6.51. The molecule has 1 atom stereocenters. The fraction of sp³-hybridized carbons (Fsp3) is 0.682. The summed E-state index contributed by atoms with van der Waals surface area (Å²) in [4.78, 5) is 17.5. The molecule has 0 aromatic heterocycles. The molecule has 0 saturated carbocycles. The van der Waals surface area contributed by atoms with Gasteiger partial charge in [-0.2, -0.15) is 0 Å². The van der Waals surface area contributed by atoms with Gasteiger partial charge in [-0.25, -0.2) is 12.7 Å². The minimum Gasteiger partial charge on any atom is -0.352 e. The number of amides is 1. The summed E-state index contributed by atoms with van der Waals surface area (Å²) in [6, 6.07) is 8.39. The lowest BCUT2D eigenvalue weighted by Gasteiger charge is -2.32. The van der Waals surface area contributed by atoms with Gasteiger partial charge < -0.3 is 10.2 Å². The van der Waals surface area contributed by atoms with Gasteiger partial charge in [0.05, 0.1) is 11.7 Å². The zero-order chi connectivity index (χ0) is 21.6. The van der Waals surface area contributed by atoms with Crippen LogP contribution >= 0.6 is 0 Å². The van der Waals surface area contributed by atoms with Gasteiger partial charge in [0, 0.05) is 52.4 Å². The molecule has 7 nitrogen and oxygen atoms in total. The molecule has 0 radical (unpaired) electrons. The highest BCUT2D eigenvalue weighted by Crippen LogP contribution is 2.20. The van der Waals surface area contributed by atoms with E-state index in [1.807, 2.05) is 19.1 Å². The average Bonchev–Trinajstić information content (AvgIpc) is 2.74. The molecule has 1 unspecified atom stereocenters. The summed E-state index contributed by atoms with van der Waals surface area (Å²) < 4.78 is 26.2. The van der Waals surface area contributed by atoms with Gasteiger partial charge in [0.2, 0.25) is 15.9 Å². The SMILES string of the molecule is CCCS(=O)(=O)N1CCCC(C(=O)NCc2cccc(CN3CCN(C)CC3)c2)C1. The molecule has 0 spiro atoms. The first kappa shape index (κ1) is 23.2. The number of hydrogen-bond donors (Lipinski definition) is 1. The first-order valence-corrected chi connectivity index (χ1v) is 12.7. The van der Waals surface area contributed by atoms with Crippen molar-refractivity contribution in [1.82, 2.24) is 19.4 Å². The molecule has 1 aromatic rings. The van der Waals surface area contributed by atoms with Crippen molar-refractivity contribution in [3.8, 4) is 0 Å². The Morgan fingerprint density at radius 3 is 2.60 bits per heavy atom. The number of nitrogens with zero attached hydrogens (tertiary/aromatic N) is 3. The van der Waals surface area contributed by atoms with Gasteiger partial charge in [-0.1, -0.05) is 31.2 Å². The Morgan fingerprint density at radius 2 is 1.87 bits per heavy atom. The lowest BCUT2D eigenvalue weighted by Crippen LogP contribution is -2.45. The van der Waals surface area contributed by atoms with E-state index in [0.29, 0.717) is 26.1 Å². The highest BCUT2D eigenvalue weighted by Gasteiger charge is 2.31. The maximum Gasteiger partial charge on any atom is 0.224 e. The molecule has 2 aliphatic rings. The van der Waals surface area contributed by atoms with Crippen molar-refractivity contribution < 1.29 is 13.2 Å². The van der Waals surface area contributed by atoms with Crippen LogP contribution in [-0.2, 0) is 27.9 Å². The van der Waals surface area contributed by atoms with Crippen LogP contribution in [0.3, 0.4) is 0 Å². The molecule has 1 aromatic carbocycles. The summed E-state index contributed by atoms with van der Waals surface area (Å²) in [7, 11) is -1.09. The number of benzene rings is 1. The van der Waals surface area contributed by atoms with Crippen molar-refractivity contribution >= 4 is 15.9 Å². The van der Waals surface area contributed by atoms with Gasteiger partial charge in [0.25, 0.3) is 0 Å². The Kier molecular flexibility index (Phi) is 8.27. The number of carbonyl (C=O) groups is 1. The molecule has 1 amide bonds. The van der Waals surface area contributed by atoms with Gasteiger partial charge in [-0.15, -0.1) is 0 Å². The number of hydrogen-bond acceptors (Lipinski definition) is 5. The molecule has 2 aliphatic heterocycles. The molecular weight excluding hydrogens is 400 g/mol. The lowest BCUT2D eigenvalue weighted by molar-refractivity contribution is -0.126. The molecule has 168 valence electrons. The predicted octanol–water partition coefficient (Wildman–Crippen LogP) is 1.50. The summed E-state index contributed by atoms with van der Waals surface area (Å²) in [5, 5.41) is 3.03. The number of piperidine rings is 1. The van der Waals surface area contributed by atoms with E-state index in [1.54, 1.807) is 0 Å². The third-order valence-electron chi connectivity index (χ3n) is 6.07. The van der Waals surface area contributed by atoms with Crippen LogP contribution in [0.4, 0.5) is 0 Å². The molecular formula is C22H36N4O3S. The first-order chi connectivity index (χ1) is 14.4. The minimum atomic E-state index is -3.24. The van der Waals surface area contributed by atoms with Crippen molar-refractivity contribution in [3.05, 3.63) is 35.4 Å². The monoisotopic (exact) mass is 436 g/mol. The van der Waals surface area contributed by atoms with Crippen molar-refractivity contribution in [2.45, 2.75) is 39.3 Å². The van der Waals surface area contributed by atoms with Crippen LogP contribution < -0.4 is 5.32 Å². The summed E-state index contributed by atoms with van der Waals surface area (Å²) in [6.45, 7) is 8.47. The van der Waals surface area contributed by atoms with Gasteiger partial charge in [0.15, 0.2) is 0 Å². The predicted molar refractivity (Wildman–Crippen MR) is 119 cm³/mol. The van der Waals surface area contributed by atoms with Gasteiger partial charge >= 0.3 is 0 Å². The highest BCUT2D eigenvalue weighted by atomic mass is 32.2. The van der Waals surface area contributed by atoms with E-state index in [9.17, 15) is 13.2 Å². The Bertz CT molecular complexity index is 806. The molecule has 8 heteroatoms. The number of rotatable bonds is 8. The number of carbonyl (C=O) groups excluding carboxylic acids is 1. The fourth-order valence-electron chi connectivity index (χ4n) is 4.23. The molecule has 0 aliphatic carbocycles. The summed E-state index contributed by atoms with van der Waals surface area (Å²) in [5.41, 5.74) is 2.35. The number of nitrogens with one attached hydrogen (secondary N) is 1. The van der Waals surface area contributed by atoms with E-state index in [1.165, 1.54) is 9.87 Å². The van der Waals surface area contributed by atoms with E-state index in [4.69, 9.17) is 0 Å². The second-order valence-corrected chi connectivity index (χ2v) is 10.7. The zero-order valence-corrected chi connectivity index (χ0v) is 19.2. The number of likely N-dealkylation sites (N-methyl/N-ethyl adjacent to an activating group) is 1. The molecule has 1 N–H and O–H groups in total. The van der Waals surface area contributed by atoms with E-state index in [0.717, 1.165) is 51.1 Å². The van der Waals surface area contributed by atoms with Crippen LogP contribution in [0.5, 0.6) is 0 Å². The summed E-state index contributed by atoms with van der Waals surface area (Å²) in [5.74, 6) is -0.156. The van der Waals surface area contributed by atoms with Crippen LogP contribution in [-0.4, -0.2) is 80.5 Å². The second kappa shape index (κ2) is 10.7. The second-order valence-electron chi connectivity index (χ2n) is 8.63. The third-order valence-corrected chi connectivity index (χ3v) is 8.11. The van der Waals surface area contributed by atoms with Crippen LogP contribution in [0.2, 0.25) is 0 Å². The Hall–Kier alpha value is -1.48. The molecule has 2 saturated heterocycles. The van der Waals surface area contributed by atoms with E-state index in [2.05, 4.69) is 34.3 Å². The number of piperazine rings is 1. The van der Waals surface area contributed by atoms with Crippen LogP contribution in [0.1, 0.15) is 37.3 Å². The highest BCUT2D eigenvalue weighted by molar-refractivity contribution is 7.89. The molecule has 2 fully saturated rings. The normalized spacial score (nSPS) is 22.1. The fourth-order valence-corrected chi connectivity index (χ4v) is 5.82. The van der Waals surface area contributed by atoms with Gasteiger partial charge in [-0.05, 0) is 37.4 Å². The Morgan fingerprint density at radius 1 is 1.13 bits per heavy atom. The van der Waals surface area contributed by atoms with E-state index >= 15 is 0 Å². The van der Waals surface area contributed by atoms with Gasteiger partial charge in [-0.3, -0.25) is 9.69 Å². The van der Waals surface area contributed by atoms with Gasteiger partial charge in [0.1, 0.15) is 0 Å². The summed E-state index contributed by atoms with van der Waals surface area (Å²) in [6.07, 6.45) is 2.08. The molecule has 3 rings (SSSR count). The smallest absolute Gasteiger partial charge is 0.224 e. The first-order valence-electron chi connectivity index (χ1n) is 11.1. The topological polar surface area (TPSA) is 73.0 Å². The maximum absolute atomic E-state index is 12.7. The standard InChI is InChI=1S/C22H36N4O3S/c1-3-14-30(28,29)26-9-5-8-21(18-26)22(27)23-16-19-6-4-7-20(15-19)17-25-12-10-24(2)11-13-25/h4,6-7,15,21H,3,5,8-14,16-18H2,1-2H3,(H,23,27). The van der Waals surface area contributed by atoms with Crippen molar-refractivity contribution in [1.29, 1.82) is 0 Å². The van der Waals surface area contributed by atoms with E-state index in [-0.39, 0.29) is 17.6 Å². The Balaban J connectivity index is 1.50. The summed E-state index contributed by atoms with van der Waals surface area (Å²) >= 11 is 0. The van der Waals surface area contributed by atoms with Crippen LogP contribution in [0, 0.1) is 5.92 Å². The molecule has 30 heavy (non-hydrogen) atoms. The van der Waals surface area contributed by atoms with E-state index < -0.39 is 10.0 Å². The van der Waals surface area contributed by atoms with Crippen LogP contribution in [0.25, 0.3) is 0 Å². The minimum absolute atomic E-state index is 0.0455. The van der Waals surface area contributed by atoms with Crippen molar-refractivity contribution in [2.24, 2.45) is 5.92 Å². The van der Waals surface area contributed by atoms with Crippen molar-refractivity contribution in [2.75, 3.05) is 52.1 Å². The largest absolute Gasteiger partial charge is 0.352 e. The zero-order valence-electron chi connectivity index (χ0n) is 18.3. The molecule has 2 heterocycles. The average molecular weight is 437 g/mol. The Labute approximate surface area is 181 Å². The lowest BCUT2D eigenvalue weighted by atomic mass is 9.98. The molecule has 0 bridgehead atoms.